The van der Waals surface area contributed by atoms with E-state index in [1.807, 2.05) is 6.07 Å². The van der Waals surface area contributed by atoms with Crippen LogP contribution in [0.1, 0.15) is 49.5 Å². The second-order valence-electron chi connectivity index (χ2n) is 8.16. The van der Waals surface area contributed by atoms with E-state index in [9.17, 15) is 19.5 Å². The summed E-state index contributed by atoms with van der Waals surface area (Å²) in [6.07, 6.45) is 1.34. The van der Waals surface area contributed by atoms with Gasteiger partial charge in [0.15, 0.2) is 0 Å². The van der Waals surface area contributed by atoms with Crippen LogP contribution < -0.4 is 5.32 Å². The fraction of sp³-hybridized carbons (Fsp3) is 0.348. The van der Waals surface area contributed by atoms with Gasteiger partial charge in [0, 0.05) is 17.8 Å². The minimum Gasteiger partial charge on any atom is -0.481 e. The summed E-state index contributed by atoms with van der Waals surface area (Å²) in [5.74, 6) is -1.31. The number of hydrogen-bond acceptors (Lipinski definition) is 3. The Bertz CT molecular complexity index is 922. The largest absolute Gasteiger partial charge is 0.481 e. The van der Waals surface area contributed by atoms with Crippen LogP contribution in [0.3, 0.4) is 0 Å². The number of nitrogens with zero attached hydrogens (tertiary/aromatic N) is 1. The monoisotopic (exact) mass is 394 g/mol. The standard InChI is InChI=1S/C23H26N2O4/c1-22(2,21(28)29)17-10-12-18(13-11-17)24-20(27)23(3)14-7-15-25(23)19(26)16-8-5-4-6-9-16/h4-6,8-13H,7,14-15H2,1-3H3,(H,24,27)(H,28,29). The summed E-state index contributed by atoms with van der Waals surface area (Å²) in [5.41, 5.74) is -0.171. The van der Waals surface area contributed by atoms with E-state index >= 15 is 0 Å². The number of amides is 2. The number of carboxylic acid groups (broad SMARTS) is 1. The van der Waals surface area contributed by atoms with E-state index in [1.165, 1.54) is 0 Å². The molecule has 1 heterocycles. The number of anilines is 1. The number of rotatable bonds is 5. The fourth-order valence-corrected chi connectivity index (χ4v) is 3.62. The van der Waals surface area contributed by atoms with Crippen molar-refractivity contribution in [1.82, 2.24) is 4.90 Å². The third kappa shape index (κ3) is 3.88. The molecular formula is C23H26N2O4. The van der Waals surface area contributed by atoms with Crippen molar-refractivity contribution in [2.45, 2.75) is 44.6 Å². The second kappa shape index (κ2) is 7.70. The molecule has 1 fully saturated rings. The number of carbonyl (C=O) groups is 3. The van der Waals surface area contributed by atoms with Crippen molar-refractivity contribution in [2.75, 3.05) is 11.9 Å². The molecule has 2 aromatic carbocycles. The van der Waals surface area contributed by atoms with Crippen LogP contribution in [0.2, 0.25) is 0 Å². The molecule has 2 aromatic rings. The van der Waals surface area contributed by atoms with Crippen molar-refractivity contribution in [2.24, 2.45) is 0 Å². The molecular weight excluding hydrogens is 368 g/mol. The van der Waals surface area contributed by atoms with Gasteiger partial charge in [-0.25, -0.2) is 0 Å². The minimum atomic E-state index is -1.02. The first-order chi connectivity index (χ1) is 13.7. The summed E-state index contributed by atoms with van der Waals surface area (Å²) in [7, 11) is 0. The summed E-state index contributed by atoms with van der Waals surface area (Å²) < 4.78 is 0. The molecule has 3 rings (SSSR count). The quantitative estimate of drug-likeness (QED) is 0.810. The molecule has 6 nitrogen and oxygen atoms in total. The molecule has 0 aliphatic carbocycles. The lowest BCUT2D eigenvalue weighted by Gasteiger charge is -2.34. The van der Waals surface area contributed by atoms with Gasteiger partial charge in [0.05, 0.1) is 5.41 Å². The molecule has 2 N–H and O–H groups in total. The van der Waals surface area contributed by atoms with Gasteiger partial charge < -0.3 is 15.3 Å². The van der Waals surface area contributed by atoms with Crippen LogP contribution in [0.15, 0.2) is 54.6 Å². The highest BCUT2D eigenvalue weighted by Crippen LogP contribution is 2.32. The molecule has 2 amide bonds. The first-order valence-corrected chi connectivity index (χ1v) is 9.69. The highest BCUT2D eigenvalue weighted by Gasteiger charge is 2.45. The molecule has 0 aromatic heterocycles. The maximum atomic E-state index is 13.1. The first-order valence-electron chi connectivity index (χ1n) is 9.69. The van der Waals surface area contributed by atoms with Gasteiger partial charge in [0.25, 0.3) is 5.91 Å². The lowest BCUT2D eigenvalue weighted by atomic mass is 9.85. The lowest BCUT2D eigenvalue weighted by Crippen LogP contribution is -2.53. The van der Waals surface area contributed by atoms with Gasteiger partial charge >= 0.3 is 5.97 Å². The number of likely N-dealkylation sites (tertiary alicyclic amines) is 1. The first kappa shape index (κ1) is 20.6. The number of hydrogen-bond donors (Lipinski definition) is 2. The Balaban J connectivity index is 1.77. The maximum absolute atomic E-state index is 13.1. The van der Waals surface area contributed by atoms with E-state index in [0.717, 1.165) is 6.42 Å². The molecule has 0 radical (unpaired) electrons. The normalized spacial score (nSPS) is 19.1. The Hall–Kier alpha value is -3.15. The predicted octanol–water partition coefficient (Wildman–Crippen LogP) is 3.68. The van der Waals surface area contributed by atoms with Gasteiger partial charge in [0.2, 0.25) is 5.91 Å². The highest BCUT2D eigenvalue weighted by atomic mass is 16.4. The molecule has 1 atom stereocenters. The van der Waals surface area contributed by atoms with Crippen molar-refractivity contribution in [3.8, 4) is 0 Å². The molecule has 0 saturated carbocycles. The third-order valence-electron chi connectivity index (χ3n) is 5.80. The van der Waals surface area contributed by atoms with Crippen LogP contribution in [0.4, 0.5) is 5.69 Å². The topological polar surface area (TPSA) is 86.7 Å². The molecule has 0 spiro atoms. The van der Waals surface area contributed by atoms with Crippen LogP contribution in [0, 0.1) is 0 Å². The van der Waals surface area contributed by atoms with Crippen LogP contribution in [-0.2, 0) is 15.0 Å². The number of nitrogens with one attached hydrogen (secondary N) is 1. The molecule has 1 aliphatic heterocycles. The van der Waals surface area contributed by atoms with Gasteiger partial charge in [-0.3, -0.25) is 14.4 Å². The fourth-order valence-electron chi connectivity index (χ4n) is 3.62. The molecule has 6 heteroatoms. The van der Waals surface area contributed by atoms with Crippen molar-refractivity contribution >= 4 is 23.5 Å². The Kier molecular flexibility index (Phi) is 5.46. The van der Waals surface area contributed by atoms with E-state index in [1.54, 1.807) is 74.2 Å². The Labute approximate surface area is 170 Å². The Morgan fingerprint density at radius 1 is 1.03 bits per heavy atom. The number of carboxylic acids is 1. The van der Waals surface area contributed by atoms with Gasteiger partial charge in [-0.1, -0.05) is 30.3 Å². The summed E-state index contributed by atoms with van der Waals surface area (Å²) in [6.45, 7) is 5.59. The van der Waals surface area contributed by atoms with E-state index in [2.05, 4.69) is 5.32 Å². The second-order valence-corrected chi connectivity index (χ2v) is 8.16. The summed E-state index contributed by atoms with van der Waals surface area (Å²) in [4.78, 5) is 39.1. The summed E-state index contributed by atoms with van der Waals surface area (Å²) in [5, 5.41) is 12.2. The molecule has 1 aliphatic rings. The number of carbonyl (C=O) groups excluding carboxylic acids is 2. The molecule has 29 heavy (non-hydrogen) atoms. The van der Waals surface area contributed by atoms with Crippen LogP contribution in [-0.4, -0.2) is 39.9 Å². The summed E-state index contributed by atoms with van der Waals surface area (Å²) in [6, 6.07) is 15.8. The molecule has 152 valence electrons. The van der Waals surface area contributed by atoms with Gasteiger partial charge in [-0.15, -0.1) is 0 Å². The zero-order valence-electron chi connectivity index (χ0n) is 16.9. The van der Waals surface area contributed by atoms with Crippen molar-refractivity contribution < 1.29 is 19.5 Å². The molecule has 0 bridgehead atoms. The predicted molar refractivity (Wildman–Crippen MR) is 111 cm³/mol. The lowest BCUT2D eigenvalue weighted by molar-refractivity contribution is -0.142. The highest BCUT2D eigenvalue weighted by molar-refractivity contribution is 6.04. The number of aliphatic carboxylic acids is 1. The minimum absolute atomic E-state index is 0.153. The van der Waals surface area contributed by atoms with Gasteiger partial charge in [-0.05, 0) is 63.4 Å². The summed E-state index contributed by atoms with van der Waals surface area (Å²) >= 11 is 0. The smallest absolute Gasteiger partial charge is 0.313 e. The third-order valence-corrected chi connectivity index (χ3v) is 5.80. The van der Waals surface area contributed by atoms with Crippen LogP contribution >= 0.6 is 0 Å². The van der Waals surface area contributed by atoms with Gasteiger partial charge in [0.1, 0.15) is 5.54 Å². The van der Waals surface area contributed by atoms with E-state index in [4.69, 9.17) is 0 Å². The zero-order valence-corrected chi connectivity index (χ0v) is 16.9. The average molecular weight is 394 g/mol. The van der Waals surface area contributed by atoms with E-state index in [0.29, 0.717) is 29.8 Å². The number of benzene rings is 2. The van der Waals surface area contributed by atoms with Crippen molar-refractivity contribution in [1.29, 1.82) is 0 Å². The van der Waals surface area contributed by atoms with E-state index in [-0.39, 0.29) is 11.8 Å². The molecule has 1 unspecified atom stereocenters. The van der Waals surface area contributed by atoms with Gasteiger partial charge in [-0.2, -0.15) is 0 Å². The molecule has 1 saturated heterocycles. The van der Waals surface area contributed by atoms with E-state index < -0.39 is 16.9 Å². The van der Waals surface area contributed by atoms with Crippen LogP contribution in [0.5, 0.6) is 0 Å². The van der Waals surface area contributed by atoms with Crippen LogP contribution in [0.25, 0.3) is 0 Å². The Morgan fingerprint density at radius 2 is 1.66 bits per heavy atom. The maximum Gasteiger partial charge on any atom is 0.313 e. The van der Waals surface area contributed by atoms with Crippen molar-refractivity contribution in [3.05, 3.63) is 65.7 Å². The zero-order chi connectivity index (χ0) is 21.2. The Morgan fingerprint density at radius 3 is 2.24 bits per heavy atom. The van der Waals surface area contributed by atoms with Crippen molar-refractivity contribution in [3.63, 3.8) is 0 Å². The average Bonchev–Trinajstić information content (AvgIpc) is 3.11. The SMILES string of the molecule is CC(C)(C(=O)O)c1ccc(NC(=O)C2(C)CCCN2C(=O)c2ccccc2)cc1.